The predicted molar refractivity (Wildman–Crippen MR) is 284 cm³/mol. The molecule has 3 nitrogen and oxygen atoms in total. The van der Waals surface area contributed by atoms with Crippen LogP contribution in [0, 0.1) is 0 Å². The van der Waals surface area contributed by atoms with E-state index in [1.807, 2.05) is 23.5 Å². The van der Waals surface area contributed by atoms with Crippen molar-refractivity contribution < 1.29 is 4.74 Å². The zero-order chi connectivity index (χ0) is 44.0. The van der Waals surface area contributed by atoms with Crippen molar-refractivity contribution in [3.63, 3.8) is 0 Å². The second-order valence-electron chi connectivity index (χ2n) is 17.6. The van der Waals surface area contributed by atoms with Gasteiger partial charge in [0.1, 0.15) is 11.5 Å². The summed E-state index contributed by atoms with van der Waals surface area (Å²) in [6.07, 6.45) is 0. The van der Waals surface area contributed by atoms with Crippen LogP contribution in [0.4, 0.5) is 34.1 Å². The third-order valence-corrected chi connectivity index (χ3v) is 16.1. The van der Waals surface area contributed by atoms with Crippen molar-refractivity contribution in [2.45, 2.75) is 19.6 Å². The molecule has 0 saturated heterocycles. The molecule has 0 N–H and O–H groups in total. The Hall–Kier alpha value is -7.57. The first-order valence-electron chi connectivity index (χ1n) is 22.9. The summed E-state index contributed by atoms with van der Waals surface area (Å²) in [6, 6.07) is 84.4. The van der Waals surface area contributed by atoms with Gasteiger partial charge in [0.15, 0.2) is 0 Å². The number of nitrogens with zero attached hydrogens (tertiary/aromatic N) is 2. The van der Waals surface area contributed by atoms with Gasteiger partial charge in [0.2, 0.25) is 6.71 Å². The second kappa shape index (κ2) is 15.5. The Balaban J connectivity index is 1.04. The molecule has 7 heteroatoms. The van der Waals surface area contributed by atoms with Crippen LogP contribution in [0.3, 0.4) is 0 Å². The molecule has 0 bridgehead atoms. The van der Waals surface area contributed by atoms with E-state index in [-0.39, 0.29) is 13.4 Å². The lowest BCUT2D eigenvalue weighted by Gasteiger charge is -2.42. The van der Waals surface area contributed by atoms with E-state index < -0.39 is 0 Å². The SMILES string of the molecule is c1ccc(-c2cc3c4c(c2)N(c2ccccc2-c2ccccc2)c2cc5c(cc2B4c2ccccc2S3)B2c3ccccc3Sc3cc(N(c4ccccc4)c4ccccc4)cc(c32)O5)cc1. The van der Waals surface area contributed by atoms with Gasteiger partial charge in [-0.25, -0.2) is 0 Å². The topological polar surface area (TPSA) is 15.7 Å². The van der Waals surface area contributed by atoms with Gasteiger partial charge in [-0.05, 0) is 99.2 Å². The number of anilines is 6. The van der Waals surface area contributed by atoms with E-state index in [1.54, 1.807) is 0 Å². The molecule has 0 spiro atoms. The minimum Gasteiger partial charge on any atom is -0.458 e. The normalized spacial score (nSPS) is 13.3. The van der Waals surface area contributed by atoms with Gasteiger partial charge in [-0.15, -0.1) is 0 Å². The lowest BCUT2D eigenvalue weighted by molar-refractivity contribution is 0.486. The predicted octanol–water partition coefficient (Wildman–Crippen LogP) is 12.3. The molecule has 0 fully saturated rings. The number of hydrogen-bond acceptors (Lipinski definition) is 5. The largest absolute Gasteiger partial charge is 0.458 e. The molecule has 0 unspecified atom stereocenters. The zero-order valence-corrected chi connectivity index (χ0v) is 37.8. The monoisotopic (exact) mass is 888 g/mol. The van der Waals surface area contributed by atoms with Gasteiger partial charge in [0.05, 0.1) is 11.4 Å². The highest BCUT2D eigenvalue weighted by atomic mass is 32.2. The quantitative estimate of drug-likeness (QED) is 0.154. The van der Waals surface area contributed by atoms with Crippen molar-refractivity contribution in [1.82, 2.24) is 0 Å². The Morgan fingerprint density at radius 3 is 1.57 bits per heavy atom. The summed E-state index contributed by atoms with van der Waals surface area (Å²) >= 11 is 3.75. The minimum atomic E-state index is -0.0213. The summed E-state index contributed by atoms with van der Waals surface area (Å²) in [4.78, 5) is 9.98. The maximum atomic E-state index is 7.45. The van der Waals surface area contributed by atoms with E-state index in [4.69, 9.17) is 4.74 Å². The lowest BCUT2D eigenvalue weighted by atomic mass is 9.32. The van der Waals surface area contributed by atoms with Gasteiger partial charge in [0.25, 0.3) is 6.71 Å². The van der Waals surface area contributed by atoms with Crippen LogP contribution >= 0.6 is 23.5 Å². The average Bonchev–Trinajstić information content (AvgIpc) is 3.39. The molecule has 0 atom stereocenters. The Bertz CT molecular complexity index is 3550. The first kappa shape index (κ1) is 38.7. The van der Waals surface area contributed by atoms with Crippen LogP contribution in [0.5, 0.6) is 11.5 Å². The fourth-order valence-electron chi connectivity index (χ4n) is 10.9. The van der Waals surface area contributed by atoms with E-state index in [0.717, 1.165) is 39.9 Å². The Labute approximate surface area is 399 Å². The van der Waals surface area contributed by atoms with Gasteiger partial charge in [-0.2, -0.15) is 0 Å². The van der Waals surface area contributed by atoms with Crippen molar-refractivity contribution in [1.29, 1.82) is 0 Å². The van der Waals surface area contributed by atoms with Crippen LogP contribution in [0.2, 0.25) is 0 Å². The van der Waals surface area contributed by atoms with Gasteiger partial charge < -0.3 is 14.5 Å². The summed E-state index contributed by atoms with van der Waals surface area (Å²) in [6.45, 7) is -0.0125. The molecule has 67 heavy (non-hydrogen) atoms. The highest BCUT2D eigenvalue weighted by Crippen LogP contribution is 2.49. The summed E-state index contributed by atoms with van der Waals surface area (Å²) < 4.78 is 7.45. The van der Waals surface area contributed by atoms with Crippen LogP contribution < -0.4 is 47.3 Å². The molecule has 0 amide bonds. The van der Waals surface area contributed by atoms with Crippen LogP contribution in [0.15, 0.2) is 250 Å². The number of hydrogen-bond donors (Lipinski definition) is 0. The molecule has 14 rings (SSSR count). The molecule has 10 aromatic rings. The van der Waals surface area contributed by atoms with Gasteiger partial charge >= 0.3 is 0 Å². The summed E-state index contributed by atoms with van der Waals surface area (Å²) in [5.41, 5.74) is 19.2. The number of rotatable bonds is 6. The van der Waals surface area contributed by atoms with E-state index in [9.17, 15) is 0 Å². The molecule has 0 aromatic heterocycles. The van der Waals surface area contributed by atoms with Gasteiger partial charge in [0, 0.05) is 60.0 Å². The second-order valence-corrected chi connectivity index (χ2v) is 19.7. The lowest BCUT2D eigenvalue weighted by Crippen LogP contribution is -2.63. The third kappa shape index (κ3) is 6.19. The van der Waals surface area contributed by atoms with Crippen molar-refractivity contribution in [3.05, 3.63) is 231 Å². The van der Waals surface area contributed by atoms with Crippen molar-refractivity contribution in [2.75, 3.05) is 9.80 Å². The smallest absolute Gasteiger partial charge is 0.253 e. The van der Waals surface area contributed by atoms with Crippen molar-refractivity contribution in [2.24, 2.45) is 0 Å². The summed E-state index contributed by atoms with van der Waals surface area (Å²) in [5.74, 6) is 1.78. The molecule has 10 aromatic carbocycles. The molecule has 312 valence electrons. The van der Waals surface area contributed by atoms with E-state index in [0.29, 0.717) is 0 Å². The Morgan fingerprint density at radius 1 is 0.343 bits per heavy atom. The molecule has 4 heterocycles. The van der Waals surface area contributed by atoms with Gasteiger partial charge in [-0.1, -0.05) is 192 Å². The third-order valence-electron chi connectivity index (χ3n) is 13.8. The molecule has 0 radical (unpaired) electrons. The highest BCUT2D eigenvalue weighted by molar-refractivity contribution is 8.00. The molecular weight excluding hydrogens is 850 g/mol. The standard InChI is InChI=1S/C60H38B2N2OS2/c1-5-19-39(20-6-1)41-33-52-59-57(34-41)66-55-31-17-14-28-46(55)61(59)48-37-49-53(38-51(48)64(52)50-30-16-13-27-45(50)40-21-7-2-8-22-40)65-54-35-44(36-58-60(54)62(49)47-29-15-18-32-56(47)67-58)63(42-23-9-3-10-24-42)43-25-11-4-12-26-43/h1-38H. The summed E-state index contributed by atoms with van der Waals surface area (Å²) in [7, 11) is 0. The maximum Gasteiger partial charge on any atom is 0.253 e. The van der Waals surface area contributed by atoms with Crippen molar-refractivity contribution in [3.8, 4) is 33.8 Å². The number of ether oxygens (including phenoxy) is 1. The maximum absolute atomic E-state index is 7.45. The minimum absolute atomic E-state index is 0.00877. The van der Waals surface area contributed by atoms with Crippen molar-refractivity contribution >= 4 is 104 Å². The number of para-hydroxylation sites is 3. The molecule has 0 aliphatic carbocycles. The Morgan fingerprint density at radius 2 is 0.896 bits per heavy atom. The van der Waals surface area contributed by atoms with E-state index in [2.05, 4.69) is 240 Å². The van der Waals surface area contributed by atoms with Crippen LogP contribution in [-0.2, 0) is 0 Å². The van der Waals surface area contributed by atoms with Gasteiger partial charge in [-0.3, -0.25) is 0 Å². The van der Waals surface area contributed by atoms with Crippen LogP contribution in [0.1, 0.15) is 0 Å². The molecule has 4 aliphatic heterocycles. The average molecular weight is 889 g/mol. The molecule has 0 saturated carbocycles. The van der Waals surface area contributed by atoms with E-state index >= 15 is 0 Å². The van der Waals surface area contributed by atoms with Crippen LogP contribution in [0.25, 0.3) is 22.3 Å². The fourth-order valence-corrected chi connectivity index (χ4v) is 13.3. The fraction of sp³-hybridized carbons (Fsp3) is 0. The van der Waals surface area contributed by atoms with Crippen LogP contribution in [-0.4, -0.2) is 13.4 Å². The molecule has 4 aliphatic rings. The Kier molecular flexibility index (Phi) is 8.96. The number of benzene rings is 10. The summed E-state index contributed by atoms with van der Waals surface area (Å²) in [5, 5.41) is 0. The highest BCUT2D eigenvalue weighted by Gasteiger charge is 2.46. The first-order valence-corrected chi connectivity index (χ1v) is 24.5. The number of fused-ring (bicyclic) bond motifs is 8. The zero-order valence-electron chi connectivity index (χ0n) is 36.2. The van der Waals surface area contributed by atoms with E-state index in [1.165, 1.54) is 80.3 Å². The molecular formula is C60H38B2N2OS2. The first-order chi connectivity index (χ1) is 33.2.